The van der Waals surface area contributed by atoms with Gasteiger partial charge in [0.15, 0.2) is 11.5 Å². The van der Waals surface area contributed by atoms with Gasteiger partial charge in [-0.3, -0.25) is 10.1 Å². The SMILES string of the molecule is CCN(Cc1cccnc1)c1cnc2n[nH]c(-c3nc4ccc(F)cc4[nH]3)c2c1. The number of halogens is 1. The summed E-state index contributed by atoms with van der Waals surface area (Å²) < 4.78 is 13.5. The molecule has 0 atom stereocenters. The molecule has 0 fully saturated rings. The third-order valence-electron chi connectivity index (χ3n) is 4.92. The Morgan fingerprint density at radius 3 is 2.90 bits per heavy atom. The molecule has 29 heavy (non-hydrogen) atoms. The molecule has 144 valence electrons. The van der Waals surface area contributed by atoms with E-state index in [9.17, 15) is 4.39 Å². The number of benzene rings is 1. The number of imidazole rings is 1. The fourth-order valence-corrected chi connectivity index (χ4v) is 3.44. The molecule has 4 heterocycles. The predicted octanol–water partition coefficient (Wildman–Crippen LogP) is 4.06. The first-order valence-electron chi connectivity index (χ1n) is 9.35. The number of nitrogens with zero attached hydrogens (tertiary/aromatic N) is 5. The van der Waals surface area contributed by atoms with E-state index in [-0.39, 0.29) is 5.82 Å². The molecule has 1 aromatic carbocycles. The molecule has 0 aliphatic heterocycles. The first-order valence-corrected chi connectivity index (χ1v) is 9.35. The van der Waals surface area contributed by atoms with Gasteiger partial charge in [-0.05, 0) is 42.8 Å². The minimum Gasteiger partial charge on any atom is -0.366 e. The van der Waals surface area contributed by atoms with Crippen molar-refractivity contribution in [3.8, 4) is 11.5 Å². The minimum absolute atomic E-state index is 0.305. The van der Waals surface area contributed by atoms with Crippen LogP contribution in [0.1, 0.15) is 12.5 Å². The van der Waals surface area contributed by atoms with Crippen LogP contribution in [-0.4, -0.2) is 36.7 Å². The summed E-state index contributed by atoms with van der Waals surface area (Å²) in [6, 6.07) is 10.5. The molecule has 0 saturated heterocycles. The summed E-state index contributed by atoms with van der Waals surface area (Å²) in [4.78, 5) is 18.6. The number of rotatable bonds is 5. The van der Waals surface area contributed by atoms with Gasteiger partial charge in [0.1, 0.15) is 11.5 Å². The summed E-state index contributed by atoms with van der Waals surface area (Å²) in [6.45, 7) is 3.65. The van der Waals surface area contributed by atoms with Gasteiger partial charge in [-0.2, -0.15) is 5.10 Å². The molecular weight excluding hydrogens is 369 g/mol. The van der Waals surface area contributed by atoms with Crippen LogP contribution in [0.25, 0.3) is 33.6 Å². The first-order chi connectivity index (χ1) is 14.2. The van der Waals surface area contributed by atoms with Crippen molar-refractivity contribution in [1.29, 1.82) is 0 Å². The lowest BCUT2D eigenvalue weighted by Gasteiger charge is -2.22. The highest BCUT2D eigenvalue weighted by Crippen LogP contribution is 2.29. The lowest BCUT2D eigenvalue weighted by Crippen LogP contribution is -2.22. The Kier molecular flexibility index (Phi) is 4.16. The monoisotopic (exact) mass is 387 g/mol. The molecule has 0 radical (unpaired) electrons. The van der Waals surface area contributed by atoms with Crippen molar-refractivity contribution in [2.45, 2.75) is 13.5 Å². The van der Waals surface area contributed by atoms with Crippen molar-refractivity contribution in [3.05, 3.63) is 66.4 Å². The fourth-order valence-electron chi connectivity index (χ4n) is 3.44. The van der Waals surface area contributed by atoms with Crippen molar-refractivity contribution < 1.29 is 4.39 Å². The average Bonchev–Trinajstić information content (AvgIpc) is 3.35. The quantitative estimate of drug-likeness (QED) is 0.475. The summed E-state index contributed by atoms with van der Waals surface area (Å²) in [5.74, 6) is 0.294. The number of anilines is 1. The molecular formula is C21H18FN7. The van der Waals surface area contributed by atoms with Gasteiger partial charge in [0.05, 0.1) is 28.3 Å². The maximum atomic E-state index is 13.5. The van der Waals surface area contributed by atoms with Crippen LogP contribution >= 0.6 is 0 Å². The molecule has 5 rings (SSSR count). The zero-order valence-corrected chi connectivity index (χ0v) is 15.7. The van der Waals surface area contributed by atoms with E-state index in [0.717, 1.165) is 35.4 Å². The highest BCUT2D eigenvalue weighted by Gasteiger charge is 2.15. The number of nitrogens with one attached hydrogen (secondary N) is 2. The van der Waals surface area contributed by atoms with Crippen LogP contribution in [0.15, 0.2) is 55.0 Å². The van der Waals surface area contributed by atoms with Crippen LogP contribution in [0.5, 0.6) is 0 Å². The number of hydrogen-bond acceptors (Lipinski definition) is 5. The third kappa shape index (κ3) is 3.18. The summed E-state index contributed by atoms with van der Waals surface area (Å²) >= 11 is 0. The molecule has 0 saturated carbocycles. The van der Waals surface area contributed by atoms with Crippen molar-refractivity contribution in [2.24, 2.45) is 0 Å². The van der Waals surface area contributed by atoms with Gasteiger partial charge in [-0.1, -0.05) is 6.07 Å². The third-order valence-corrected chi connectivity index (χ3v) is 4.92. The maximum absolute atomic E-state index is 13.5. The molecule has 0 unspecified atom stereocenters. The van der Waals surface area contributed by atoms with E-state index in [1.54, 1.807) is 12.3 Å². The van der Waals surface area contributed by atoms with E-state index in [4.69, 9.17) is 0 Å². The van der Waals surface area contributed by atoms with Gasteiger partial charge >= 0.3 is 0 Å². The second kappa shape index (κ2) is 6.97. The number of aromatic amines is 2. The largest absolute Gasteiger partial charge is 0.366 e. The first kappa shape index (κ1) is 17.3. The number of hydrogen-bond donors (Lipinski definition) is 2. The van der Waals surface area contributed by atoms with Crippen molar-refractivity contribution >= 4 is 27.8 Å². The van der Waals surface area contributed by atoms with Gasteiger partial charge in [0.25, 0.3) is 0 Å². The Hall–Kier alpha value is -3.81. The number of fused-ring (bicyclic) bond motifs is 2. The summed E-state index contributed by atoms with van der Waals surface area (Å²) in [5, 5.41) is 8.16. The smallest absolute Gasteiger partial charge is 0.181 e. The standard InChI is InChI=1S/C21H18FN7/c1-2-29(12-13-4-3-7-23-10-13)15-9-16-19(27-28-20(16)24-11-15)21-25-17-6-5-14(22)8-18(17)26-21/h3-11H,2,12H2,1H3,(H,25,26)(H,24,27,28). The van der Waals surface area contributed by atoms with Gasteiger partial charge < -0.3 is 9.88 Å². The summed E-state index contributed by atoms with van der Waals surface area (Å²) in [7, 11) is 0. The Bertz CT molecular complexity index is 1290. The van der Waals surface area contributed by atoms with Crippen LogP contribution < -0.4 is 4.90 Å². The second-order valence-electron chi connectivity index (χ2n) is 6.79. The minimum atomic E-state index is -0.305. The Balaban J connectivity index is 1.55. The van der Waals surface area contributed by atoms with E-state index < -0.39 is 0 Å². The van der Waals surface area contributed by atoms with Crippen LogP contribution in [0.2, 0.25) is 0 Å². The lowest BCUT2D eigenvalue weighted by atomic mass is 10.2. The van der Waals surface area contributed by atoms with E-state index in [1.165, 1.54) is 12.1 Å². The molecule has 2 N–H and O–H groups in total. The van der Waals surface area contributed by atoms with Gasteiger partial charge in [0, 0.05) is 25.5 Å². The highest BCUT2D eigenvalue weighted by atomic mass is 19.1. The van der Waals surface area contributed by atoms with Gasteiger partial charge in [0.2, 0.25) is 0 Å². The number of aromatic nitrogens is 6. The van der Waals surface area contributed by atoms with E-state index in [1.807, 2.05) is 18.5 Å². The molecule has 0 amide bonds. The molecule has 8 heteroatoms. The Labute approximate surface area is 165 Å². The molecule has 0 aliphatic rings. The molecule has 0 aliphatic carbocycles. The Morgan fingerprint density at radius 1 is 1.14 bits per heavy atom. The van der Waals surface area contributed by atoms with Gasteiger partial charge in [-0.15, -0.1) is 0 Å². The van der Waals surface area contributed by atoms with E-state index in [2.05, 4.69) is 54.1 Å². The van der Waals surface area contributed by atoms with Crippen LogP contribution in [0.3, 0.4) is 0 Å². The average molecular weight is 387 g/mol. The van der Waals surface area contributed by atoms with E-state index in [0.29, 0.717) is 22.5 Å². The normalized spacial score (nSPS) is 11.4. The molecule has 0 spiro atoms. The topological polar surface area (TPSA) is 86.4 Å². The second-order valence-corrected chi connectivity index (χ2v) is 6.79. The zero-order valence-electron chi connectivity index (χ0n) is 15.7. The molecule has 4 aromatic heterocycles. The van der Waals surface area contributed by atoms with E-state index >= 15 is 0 Å². The molecule has 7 nitrogen and oxygen atoms in total. The molecule has 5 aromatic rings. The maximum Gasteiger partial charge on any atom is 0.181 e. The predicted molar refractivity (Wildman–Crippen MR) is 110 cm³/mol. The summed E-state index contributed by atoms with van der Waals surface area (Å²) in [5.41, 5.74) is 4.77. The van der Waals surface area contributed by atoms with Crippen LogP contribution in [0.4, 0.5) is 10.1 Å². The zero-order chi connectivity index (χ0) is 19.8. The highest BCUT2D eigenvalue weighted by molar-refractivity contribution is 5.92. The van der Waals surface area contributed by atoms with Crippen LogP contribution in [-0.2, 0) is 6.54 Å². The van der Waals surface area contributed by atoms with Crippen molar-refractivity contribution in [1.82, 2.24) is 30.1 Å². The van der Waals surface area contributed by atoms with Crippen molar-refractivity contribution in [2.75, 3.05) is 11.4 Å². The van der Waals surface area contributed by atoms with Crippen molar-refractivity contribution in [3.63, 3.8) is 0 Å². The van der Waals surface area contributed by atoms with Gasteiger partial charge in [-0.25, -0.2) is 14.4 Å². The summed E-state index contributed by atoms with van der Waals surface area (Å²) in [6.07, 6.45) is 5.45. The number of pyridine rings is 2. The molecule has 0 bridgehead atoms. The fraction of sp³-hybridized carbons (Fsp3) is 0.143. The lowest BCUT2D eigenvalue weighted by molar-refractivity contribution is 0.629. The van der Waals surface area contributed by atoms with Crippen LogP contribution in [0, 0.1) is 5.82 Å². The Morgan fingerprint density at radius 2 is 2.07 bits per heavy atom. The number of H-pyrrole nitrogens is 2.